The van der Waals surface area contributed by atoms with Crippen molar-refractivity contribution in [3.05, 3.63) is 29.8 Å². The van der Waals surface area contributed by atoms with Crippen LogP contribution in [0.25, 0.3) is 0 Å². The van der Waals surface area contributed by atoms with Gasteiger partial charge >= 0.3 is 5.97 Å². The summed E-state index contributed by atoms with van der Waals surface area (Å²) in [6, 6.07) is 6.69. The normalized spacial score (nSPS) is 27.4. The number of carbonyl (C=O) groups excluding carboxylic acids is 1. The van der Waals surface area contributed by atoms with Crippen molar-refractivity contribution in [1.82, 2.24) is 0 Å². The van der Waals surface area contributed by atoms with E-state index in [1.807, 2.05) is 4.90 Å². The minimum atomic E-state index is -0.955. The number of anilines is 1. The van der Waals surface area contributed by atoms with Crippen molar-refractivity contribution in [3.63, 3.8) is 0 Å². The second-order valence-electron chi connectivity index (χ2n) is 5.70. The Balaban J connectivity index is 1.74. The molecule has 2 fully saturated rings. The molecule has 0 radical (unpaired) electrons. The highest BCUT2D eigenvalue weighted by atomic mass is 16.5. The first kappa shape index (κ1) is 14.1. The number of carboxylic acid groups (broad SMARTS) is 1. The van der Waals surface area contributed by atoms with Crippen LogP contribution in [0.4, 0.5) is 5.69 Å². The second-order valence-corrected chi connectivity index (χ2v) is 5.70. The van der Waals surface area contributed by atoms with Crippen molar-refractivity contribution in [2.24, 2.45) is 5.92 Å². The van der Waals surface area contributed by atoms with Gasteiger partial charge in [-0.3, -0.25) is 4.79 Å². The summed E-state index contributed by atoms with van der Waals surface area (Å²) >= 11 is 0. The van der Waals surface area contributed by atoms with Crippen molar-refractivity contribution < 1.29 is 19.4 Å². The molecule has 1 amide bonds. The lowest BCUT2D eigenvalue weighted by Crippen LogP contribution is -2.43. The van der Waals surface area contributed by atoms with Gasteiger partial charge in [0.05, 0.1) is 17.6 Å². The van der Waals surface area contributed by atoms with Gasteiger partial charge in [0.25, 0.3) is 0 Å². The summed E-state index contributed by atoms with van der Waals surface area (Å²) < 4.78 is 5.77. The van der Waals surface area contributed by atoms with Crippen LogP contribution in [0.5, 0.6) is 0 Å². The van der Waals surface area contributed by atoms with E-state index < -0.39 is 5.97 Å². The zero-order chi connectivity index (χ0) is 15.0. The standard InChI is InChI=1S/C16H19NO4/c1-2-7-21-14-9-12-8-13(14)15(18)17(12)11-5-3-10(4-6-11)16(19)20/h3-6,12-14H,2,7-9H2,1H3,(H,19,20)/t12-,13+,14+/m0/s1. The minimum Gasteiger partial charge on any atom is -0.478 e. The van der Waals surface area contributed by atoms with Gasteiger partial charge in [0, 0.05) is 18.3 Å². The van der Waals surface area contributed by atoms with Gasteiger partial charge in [0.15, 0.2) is 0 Å². The molecule has 3 rings (SSSR count). The average molecular weight is 289 g/mol. The van der Waals surface area contributed by atoms with Crippen molar-refractivity contribution in [1.29, 1.82) is 0 Å². The monoisotopic (exact) mass is 289 g/mol. The van der Waals surface area contributed by atoms with Gasteiger partial charge in [-0.2, -0.15) is 0 Å². The van der Waals surface area contributed by atoms with Crippen LogP contribution >= 0.6 is 0 Å². The Morgan fingerprint density at radius 1 is 1.33 bits per heavy atom. The van der Waals surface area contributed by atoms with E-state index in [-0.39, 0.29) is 29.5 Å². The maximum atomic E-state index is 12.5. The van der Waals surface area contributed by atoms with Crippen molar-refractivity contribution in [2.75, 3.05) is 11.5 Å². The summed E-state index contributed by atoms with van der Waals surface area (Å²) in [5, 5.41) is 8.92. The molecule has 21 heavy (non-hydrogen) atoms. The lowest BCUT2D eigenvalue weighted by atomic mass is 10.0. The molecule has 5 heteroatoms. The molecule has 1 aliphatic carbocycles. The molecule has 2 bridgehead atoms. The fourth-order valence-corrected chi connectivity index (χ4v) is 3.36. The first-order chi connectivity index (χ1) is 10.1. The van der Waals surface area contributed by atoms with Crippen molar-refractivity contribution >= 4 is 17.6 Å². The van der Waals surface area contributed by atoms with E-state index in [2.05, 4.69) is 6.92 Å². The summed E-state index contributed by atoms with van der Waals surface area (Å²) in [6.45, 7) is 2.76. The highest BCUT2D eigenvalue weighted by molar-refractivity contribution is 6.00. The number of aromatic carboxylic acids is 1. The maximum absolute atomic E-state index is 12.5. The van der Waals surface area contributed by atoms with Crippen LogP contribution < -0.4 is 4.90 Å². The first-order valence-corrected chi connectivity index (χ1v) is 7.40. The topological polar surface area (TPSA) is 66.8 Å². The van der Waals surface area contributed by atoms with E-state index in [0.29, 0.717) is 6.61 Å². The Bertz CT molecular complexity index is 554. The molecule has 1 aromatic carbocycles. The molecule has 1 N–H and O–H groups in total. The van der Waals surface area contributed by atoms with Crippen molar-refractivity contribution in [2.45, 2.75) is 38.3 Å². The lowest BCUT2D eigenvalue weighted by molar-refractivity contribution is -0.126. The summed E-state index contributed by atoms with van der Waals surface area (Å²) in [5.74, 6) is -0.889. The lowest BCUT2D eigenvalue weighted by Gasteiger charge is -2.31. The third-order valence-electron chi connectivity index (χ3n) is 4.33. The zero-order valence-electron chi connectivity index (χ0n) is 12.0. The third-order valence-corrected chi connectivity index (χ3v) is 4.33. The molecule has 1 heterocycles. The first-order valence-electron chi connectivity index (χ1n) is 7.40. The Morgan fingerprint density at radius 3 is 2.62 bits per heavy atom. The highest BCUT2D eigenvalue weighted by Gasteiger charge is 2.51. The number of amides is 1. The van der Waals surface area contributed by atoms with Crippen LogP contribution in [0.15, 0.2) is 24.3 Å². The van der Waals surface area contributed by atoms with E-state index >= 15 is 0 Å². The third kappa shape index (κ3) is 2.42. The van der Waals surface area contributed by atoms with Gasteiger partial charge < -0.3 is 14.7 Å². The van der Waals surface area contributed by atoms with Crippen molar-refractivity contribution in [3.8, 4) is 0 Å². The Kier molecular flexibility index (Phi) is 3.68. The van der Waals surface area contributed by atoms with E-state index in [4.69, 9.17) is 9.84 Å². The molecule has 5 nitrogen and oxygen atoms in total. The minimum absolute atomic E-state index is 0.0410. The number of hydrogen-bond acceptors (Lipinski definition) is 3. The molecule has 1 saturated heterocycles. The van der Waals surface area contributed by atoms with Gasteiger partial charge in [-0.05, 0) is 43.5 Å². The van der Waals surface area contributed by atoms with E-state index in [0.717, 1.165) is 24.9 Å². The van der Waals surface area contributed by atoms with Crippen LogP contribution in [0.2, 0.25) is 0 Å². The summed E-state index contributed by atoms with van der Waals surface area (Å²) in [4.78, 5) is 25.2. The molecule has 1 aromatic rings. The summed E-state index contributed by atoms with van der Waals surface area (Å²) in [6.07, 6.45) is 2.73. The van der Waals surface area contributed by atoms with Gasteiger partial charge in [0.1, 0.15) is 0 Å². The molecule has 3 atom stereocenters. The fraction of sp³-hybridized carbons (Fsp3) is 0.500. The van der Waals surface area contributed by atoms with E-state index in [1.165, 1.54) is 0 Å². The number of nitrogens with zero attached hydrogens (tertiary/aromatic N) is 1. The number of carbonyl (C=O) groups is 2. The fourth-order valence-electron chi connectivity index (χ4n) is 3.36. The molecule has 0 spiro atoms. The predicted molar refractivity (Wildman–Crippen MR) is 77.4 cm³/mol. The number of benzene rings is 1. The average Bonchev–Trinajstić information content (AvgIpc) is 3.02. The number of hydrogen-bond donors (Lipinski definition) is 1. The number of carboxylic acids is 1. The summed E-state index contributed by atoms with van der Waals surface area (Å²) in [5.41, 5.74) is 1.02. The zero-order valence-corrected chi connectivity index (χ0v) is 12.0. The molecule has 112 valence electrons. The Labute approximate surface area is 123 Å². The molecule has 0 aromatic heterocycles. The SMILES string of the molecule is CCCO[C@@H]1C[C@@H]2C[C@H]1C(=O)N2c1ccc(C(=O)O)cc1. The smallest absolute Gasteiger partial charge is 0.335 e. The summed E-state index contributed by atoms with van der Waals surface area (Å²) in [7, 11) is 0. The second kappa shape index (κ2) is 5.48. The largest absolute Gasteiger partial charge is 0.478 e. The van der Waals surface area contributed by atoms with Gasteiger partial charge in [-0.1, -0.05) is 6.92 Å². The number of fused-ring (bicyclic) bond motifs is 2. The number of piperidine rings is 1. The molecule has 2 aliphatic rings. The molecule has 1 saturated carbocycles. The van der Waals surface area contributed by atoms with Gasteiger partial charge in [-0.15, -0.1) is 0 Å². The van der Waals surface area contributed by atoms with Crippen LogP contribution in [0, 0.1) is 5.92 Å². The van der Waals surface area contributed by atoms with Gasteiger partial charge in [0.2, 0.25) is 5.91 Å². The van der Waals surface area contributed by atoms with Crippen LogP contribution in [-0.4, -0.2) is 35.7 Å². The Morgan fingerprint density at radius 2 is 2.05 bits per heavy atom. The van der Waals surface area contributed by atoms with E-state index in [9.17, 15) is 9.59 Å². The van der Waals surface area contributed by atoms with E-state index in [1.54, 1.807) is 24.3 Å². The molecular formula is C16H19NO4. The molecular weight excluding hydrogens is 270 g/mol. The molecule has 1 aliphatic heterocycles. The van der Waals surface area contributed by atoms with Crippen LogP contribution in [0.1, 0.15) is 36.5 Å². The van der Waals surface area contributed by atoms with Crippen LogP contribution in [-0.2, 0) is 9.53 Å². The number of ether oxygens (including phenoxy) is 1. The quantitative estimate of drug-likeness (QED) is 0.903. The maximum Gasteiger partial charge on any atom is 0.335 e. The molecule has 0 unspecified atom stereocenters. The Hall–Kier alpha value is -1.88. The predicted octanol–water partition coefficient (Wildman–Crippen LogP) is 2.31. The van der Waals surface area contributed by atoms with Gasteiger partial charge in [-0.25, -0.2) is 4.79 Å². The number of rotatable bonds is 5. The highest BCUT2D eigenvalue weighted by Crippen LogP contribution is 2.42. The van der Waals surface area contributed by atoms with Crippen LogP contribution in [0.3, 0.4) is 0 Å².